The number of hydrogen-bond donors (Lipinski definition) is 2. The molecule has 0 atom stereocenters. The molecule has 0 bridgehead atoms. The normalized spacial score (nSPS) is 11.6. The van der Waals surface area contributed by atoms with Gasteiger partial charge >= 0.3 is 0 Å². The smallest absolute Gasteiger partial charge is 0.147 e. The van der Waals surface area contributed by atoms with Gasteiger partial charge in [0.15, 0.2) is 0 Å². The second kappa shape index (κ2) is 7.17. The van der Waals surface area contributed by atoms with Crippen LogP contribution in [0.5, 0.6) is 0 Å². The van der Waals surface area contributed by atoms with Crippen LogP contribution in [-0.2, 0) is 0 Å². The topological polar surface area (TPSA) is 54.2 Å². The Kier molecular flexibility index (Phi) is 6.17. The zero-order chi connectivity index (χ0) is 14.6. The molecular weight excluding hydrogens is 283 g/mol. The number of nitrogens with one attached hydrogen (secondary N) is 1. The van der Waals surface area contributed by atoms with Gasteiger partial charge in [0.1, 0.15) is 11.6 Å². The third-order valence-corrected chi connectivity index (χ3v) is 3.54. The Balaban J connectivity index is 2.60. The number of anilines is 2. The molecule has 1 rings (SSSR count). The molecule has 6 heteroatoms. The summed E-state index contributed by atoms with van der Waals surface area (Å²) in [7, 11) is 0. The molecule has 0 aliphatic heterocycles. The van der Waals surface area contributed by atoms with Crippen LogP contribution in [0, 0.1) is 0 Å². The Morgan fingerprint density at radius 1 is 1.21 bits per heavy atom. The minimum atomic E-state index is 0.290. The largest absolute Gasteiger partial charge is 0.382 e. The van der Waals surface area contributed by atoms with E-state index in [4.69, 9.17) is 28.9 Å². The molecular formula is C13H22Cl2N4. The van der Waals surface area contributed by atoms with Crippen molar-refractivity contribution in [1.82, 2.24) is 9.88 Å². The van der Waals surface area contributed by atoms with Crippen LogP contribution < -0.4 is 11.1 Å². The molecule has 1 aromatic heterocycles. The first kappa shape index (κ1) is 16.3. The third-order valence-electron chi connectivity index (χ3n) is 2.95. The summed E-state index contributed by atoms with van der Waals surface area (Å²) in [6.45, 7) is 10.4. The Morgan fingerprint density at radius 2 is 1.79 bits per heavy atom. The summed E-state index contributed by atoms with van der Waals surface area (Å²) in [4.78, 5) is 6.53. The summed E-state index contributed by atoms with van der Waals surface area (Å²) < 4.78 is 0. The van der Waals surface area contributed by atoms with Gasteiger partial charge < -0.3 is 11.1 Å². The van der Waals surface area contributed by atoms with Crippen LogP contribution >= 0.6 is 23.2 Å². The minimum absolute atomic E-state index is 0.290. The zero-order valence-electron chi connectivity index (χ0n) is 11.9. The first-order chi connectivity index (χ1) is 8.82. The van der Waals surface area contributed by atoms with Crippen LogP contribution in [0.15, 0.2) is 6.07 Å². The Bertz CT molecular complexity index is 413. The number of halogens is 2. The predicted molar refractivity (Wildman–Crippen MR) is 84.1 cm³/mol. The molecule has 4 nitrogen and oxygen atoms in total. The lowest BCUT2D eigenvalue weighted by atomic mass is 10.2. The molecule has 0 amide bonds. The van der Waals surface area contributed by atoms with Crippen molar-refractivity contribution in [3.05, 3.63) is 16.1 Å². The highest BCUT2D eigenvalue weighted by Gasteiger charge is 2.13. The summed E-state index contributed by atoms with van der Waals surface area (Å²) in [5, 5.41) is 4.06. The predicted octanol–water partition coefficient (Wildman–Crippen LogP) is 3.50. The molecule has 0 aromatic carbocycles. The molecule has 0 spiro atoms. The molecule has 0 fully saturated rings. The van der Waals surface area contributed by atoms with Gasteiger partial charge in [-0.2, -0.15) is 0 Å². The number of pyridine rings is 1. The van der Waals surface area contributed by atoms with Crippen molar-refractivity contribution in [3.63, 3.8) is 0 Å². The molecule has 19 heavy (non-hydrogen) atoms. The van der Waals surface area contributed by atoms with Crippen molar-refractivity contribution in [2.24, 2.45) is 0 Å². The lowest BCUT2D eigenvalue weighted by molar-refractivity contribution is 0.182. The first-order valence-corrected chi connectivity index (χ1v) is 7.19. The van der Waals surface area contributed by atoms with E-state index in [0.29, 0.717) is 27.9 Å². The Hall–Kier alpha value is -0.710. The molecule has 0 saturated heterocycles. The van der Waals surface area contributed by atoms with E-state index in [1.54, 1.807) is 6.07 Å². The number of rotatable bonds is 6. The molecule has 3 N–H and O–H groups in total. The molecule has 0 unspecified atom stereocenters. The molecule has 0 aliphatic rings. The van der Waals surface area contributed by atoms with Crippen LogP contribution in [-0.4, -0.2) is 35.1 Å². The fourth-order valence-electron chi connectivity index (χ4n) is 2.02. The number of nitrogens with zero attached hydrogens (tertiary/aromatic N) is 2. The van der Waals surface area contributed by atoms with E-state index >= 15 is 0 Å². The number of nitrogen functional groups attached to an aromatic ring is 1. The number of hydrogen-bond acceptors (Lipinski definition) is 4. The van der Waals surface area contributed by atoms with Crippen molar-refractivity contribution in [2.75, 3.05) is 24.1 Å². The van der Waals surface area contributed by atoms with Gasteiger partial charge in [-0.05, 0) is 33.8 Å². The fourth-order valence-corrected chi connectivity index (χ4v) is 2.45. The first-order valence-electron chi connectivity index (χ1n) is 6.44. The van der Waals surface area contributed by atoms with Gasteiger partial charge in [0.05, 0.1) is 10.0 Å². The van der Waals surface area contributed by atoms with Gasteiger partial charge in [0.2, 0.25) is 0 Å². The Morgan fingerprint density at radius 3 is 2.32 bits per heavy atom. The van der Waals surface area contributed by atoms with E-state index in [2.05, 4.69) is 42.9 Å². The molecule has 108 valence electrons. The highest BCUT2D eigenvalue weighted by Crippen LogP contribution is 2.27. The molecule has 0 radical (unpaired) electrons. The van der Waals surface area contributed by atoms with Gasteiger partial charge in [-0.15, -0.1) is 0 Å². The number of aromatic nitrogens is 1. The molecule has 0 aliphatic carbocycles. The van der Waals surface area contributed by atoms with E-state index in [0.717, 1.165) is 13.1 Å². The molecule has 1 heterocycles. The van der Waals surface area contributed by atoms with E-state index in [9.17, 15) is 0 Å². The van der Waals surface area contributed by atoms with E-state index in [1.165, 1.54) is 0 Å². The highest BCUT2D eigenvalue weighted by atomic mass is 35.5. The maximum Gasteiger partial charge on any atom is 0.147 e. The Labute approximate surface area is 125 Å². The second-order valence-electron chi connectivity index (χ2n) is 5.04. The van der Waals surface area contributed by atoms with E-state index in [1.807, 2.05) is 0 Å². The minimum Gasteiger partial charge on any atom is -0.382 e. The van der Waals surface area contributed by atoms with Crippen LogP contribution in [0.4, 0.5) is 11.6 Å². The van der Waals surface area contributed by atoms with Crippen LogP contribution in [0.3, 0.4) is 0 Å². The standard InChI is InChI=1S/C13H22Cl2N4/c1-8(2)19(9(3)4)6-5-17-13-11(15)7-10(14)12(16)18-13/h7-9H,5-6H2,1-4H3,(H3,16,17,18). The van der Waals surface area contributed by atoms with Crippen molar-refractivity contribution in [1.29, 1.82) is 0 Å². The highest BCUT2D eigenvalue weighted by molar-refractivity contribution is 6.37. The van der Waals surface area contributed by atoms with Crippen LogP contribution in [0.2, 0.25) is 10.0 Å². The van der Waals surface area contributed by atoms with E-state index in [-0.39, 0.29) is 5.82 Å². The van der Waals surface area contributed by atoms with Crippen LogP contribution in [0.25, 0.3) is 0 Å². The SMILES string of the molecule is CC(C)N(CCNc1nc(N)c(Cl)cc1Cl)C(C)C. The van der Waals surface area contributed by atoms with Gasteiger partial charge in [-0.1, -0.05) is 23.2 Å². The molecule has 1 aromatic rings. The lowest BCUT2D eigenvalue weighted by Gasteiger charge is -2.30. The van der Waals surface area contributed by atoms with Gasteiger partial charge in [-0.3, -0.25) is 4.90 Å². The average Bonchev–Trinajstić information content (AvgIpc) is 2.29. The number of nitrogens with two attached hydrogens (primary N) is 1. The van der Waals surface area contributed by atoms with Crippen molar-refractivity contribution in [2.45, 2.75) is 39.8 Å². The summed E-state index contributed by atoms with van der Waals surface area (Å²) >= 11 is 11.9. The maximum absolute atomic E-state index is 6.06. The van der Waals surface area contributed by atoms with Crippen molar-refractivity contribution < 1.29 is 0 Å². The van der Waals surface area contributed by atoms with Gasteiger partial charge in [-0.25, -0.2) is 4.98 Å². The third kappa shape index (κ3) is 4.71. The second-order valence-corrected chi connectivity index (χ2v) is 5.85. The van der Waals surface area contributed by atoms with Crippen molar-refractivity contribution in [3.8, 4) is 0 Å². The molecule has 0 saturated carbocycles. The van der Waals surface area contributed by atoms with Gasteiger partial charge in [0.25, 0.3) is 0 Å². The fraction of sp³-hybridized carbons (Fsp3) is 0.615. The van der Waals surface area contributed by atoms with E-state index < -0.39 is 0 Å². The van der Waals surface area contributed by atoms with Crippen LogP contribution in [0.1, 0.15) is 27.7 Å². The summed E-state index contributed by atoms with van der Waals surface area (Å²) in [5.74, 6) is 0.870. The lowest BCUT2D eigenvalue weighted by Crippen LogP contribution is -2.40. The summed E-state index contributed by atoms with van der Waals surface area (Å²) in [6.07, 6.45) is 0. The zero-order valence-corrected chi connectivity index (χ0v) is 13.4. The quantitative estimate of drug-likeness (QED) is 0.844. The summed E-state index contributed by atoms with van der Waals surface area (Å²) in [6, 6.07) is 2.61. The maximum atomic E-state index is 6.06. The van der Waals surface area contributed by atoms with Gasteiger partial charge in [0, 0.05) is 25.2 Å². The average molecular weight is 305 g/mol. The van der Waals surface area contributed by atoms with Crippen molar-refractivity contribution >= 4 is 34.8 Å². The summed E-state index contributed by atoms with van der Waals surface area (Å²) in [5.41, 5.74) is 5.67. The monoisotopic (exact) mass is 304 g/mol.